The van der Waals surface area contributed by atoms with E-state index >= 15 is 0 Å². The lowest BCUT2D eigenvalue weighted by molar-refractivity contribution is -0.0729. The van der Waals surface area contributed by atoms with Crippen molar-refractivity contribution in [1.82, 2.24) is 14.5 Å². The van der Waals surface area contributed by atoms with Crippen LogP contribution in [-0.2, 0) is 14.8 Å². The molecule has 1 N–H and O–H groups in total. The number of carbonyl (C=O) groups is 1. The molecule has 2 saturated heterocycles. The van der Waals surface area contributed by atoms with E-state index in [0.29, 0.717) is 19.0 Å². The van der Waals surface area contributed by atoms with E-state index in [1.807, 2.05) is 0 Å². The number of ether oxygens (including phenoxy) is 1. The number of piperidine rings is 1. The quantitative estimate of drug-likeness (QED) is 0.754. The maximum atomic E-state index is 12.8. The van der Waals surface area contributed by atoms with Crippen LogP contribution in [0.15, 0.2) is 21.6 Å². The average Bonchev–Trinajstić information content (AvgIpc) is 3.10. The molecule has 0 spiro atoms. The molecule has 8 nitrogen and oxygen atoms in total. The molecule has 2 aliphatic heterocycles. The van der Waals surface area contributed by atoms with Crippen LogP contribution < -0.4 is 4.72 Å². The molecule has 1 aromatic heterocycles. The minimum absolute atomic E-state index is 0.0681. The highest BCUT2D eigenvalue weighted by molar-refractivity contribution is 7.89. The molecule has 3 heterocycles. The summed E-state index contributed by atoms with van der Waals surface area (Å²) in [5, 5.41) is -0.230. The number of nitrogens with one attached hydrogen (secondary N) is 1. The molecular weight excluding hydrogens is 406 g/mol. The van der Waals surface area contributed by atoms with Gasteiger partial charge >= 0.3 is 0 Å². The summed E-state index contributed by atoms with van der Waals surface area (Å²) in [4.78, 5) is 17.0. The van der Waals surface area contributed by atoms with Gasteiger partial charge in [0, 0.05) is 38.3 Å². The van der Waals surface area contributed by atoms with Gasteiger partial charge in [-0.05, 0) is 65.5 Å². The molecule has 2 aliphatic rings. The van der Waals surface area contributed by atoms with Gasteiger partial charge in [-0.3, -0.25) is 9.69 Å². The fourth-order valence-electron chi connectivity index (χ4n) is 4.31. The number of rotatable bonds is 5. The number of morpholine rings is 1. The lowest BCUT2D eigenvalue weighted by atomic mass is 9.95. The predicted octanol–water partition coefficient (Wildman–Crippen LogP) is 2.32. The first-order valence-electron chi connectivity index (χ1n) is 10.7. The molecule has 0 radical (unpaired) electrons. The Labute approximate surface area is 180 Å². The van der Waals surface area contributed by atoms with Crippen molar-refractivity contribution in [3.8, 4) is 0 Å². The van der Waals surface area contributed by atoms with Crippen LogP contribution in [0.3, 0.4) is 0 Å². The minimum Gasteiger partial charge on any atom is -0.438 e. The first-order valence-corrected chi connectivity index (χ1v) is 12.2. The fraction of sp³-hybridized carbons (Fsp3) is 0.762. The fourth-order valence-corrected chi connectivity index (χ4v) is 5.66. The molecule has 0 saturated carbocycles. The van der Waals surface area contributed by atoms with Crippen molar-refractivity contribution in [3.63, 3.8) is 0 Å². The van der Waals surface area contributed by atoms with Crippen molar-refractivity contribution in [2.24, 2.45) is 5.92 Å². The highest BCUT2D eigenvalue weighted by Gasteiger charge is 2.31. The zero-order valence-electron chi connectivity index (χ0n) is 18.7. The van der Waals surface area contributed by atoms with Crippen LogP contribution in [0.5, 0.6) is 0 Å². The summed E-state index contributed by atoms with van der Waals surface area (Å²) in [5.41, 5.74) is -0.631. The van der Waals surface area contributed by atoms with Gasteiger partial charge in [0.2, 0.25) is 5.09 Å². The normalized spacial score (nSPS) is 24.9. The molecule has 2 unspecified atom stereocenters. The summed E-state index contributed by atoms with van der Waals surface area (Å²) in [6.45, 7) is 13.7. The van der Waals surface area contributed by atoms with Crippen molar-refractivity contribution in [3.05, 3.63) is 17.9 Å². The third-order valence-corrected chi connectivity index (χ3v) is 7.04. The Bertz CT molecular complexity index is 827. The van der Waals surface area contributed by atoms with Crippen LogP contribution in [0, 0.1) is 5.92 Å². The minimum atomic E-state index is -3.80. The van der Waals surface area contributed by atoms with Crippen LogP contribution >= 0.6 is 0 Å². The molecule has 1 aromatic rings. The molecular formula is C21H35N3O5S. The number of amides is 1. The second-order valence-corrected chi connectivity index (χ2v) is 11.3. The van der Waals surface area contributed by atoms with Gasteiger partial charge in [0.25, 0.3) is 15.9 Å². The van der Waals surface area contributed by atoms with Crippen molar-refractivity contribution in [2.45, 2.75) is 70.3 Å². The van der Waals surface area contributed by atoms with Crippen molar-refractivity contribution < 1.29 is 22.4 Å². The van der Waals surface area contributed by atoms with Crippen LogP contribution in [0.1, 0.15) is 58.0 Å². The average molecular weight is 442 g/mol. The summed E-state index contributed by atoms with van der Waals surface area (Å²) in [6.07, 6.45) is 2.38. The van der Waals surface area contributed by atoms with Crippen LogP contribution in [0.4, 0.5) is 0 Å². The van der Waals surface area contributed by atoms with Crippen molar-refractivity contribution >= 4 is 15.9 Å². The summed E-state index contributed by atoms with van der Waals surface area (Å²) >= 11 is 0. The maximum absolute atomic E-state index is 12.8. The Balaban J connectivity index is 1.54. The van der Waals surface area contributed by atoms with Gasteiger partial charge in [-0.15, -0.1) is 0 Å². The van der Waals surface area contributed by atoms with Gasteiger partial charge in [0.1, 0.15) is 0 Å². The third-order valence-electron chi connectivity index (χ3n) is 5.41. The molecule has 0 aromatic carbocycles. The Morgan fingerprint density at radius 3 is 2.30 bits per heavy atom. The SMILES string of the molecule is CC1CN(CC2CCN(C(=O)c3ccc(S(=O)(=O)NC(C)(C)C)o3)CC2)CC(C)O1. The van der Waals surface area contributed by atoms with Gasteiger partial charge in [0.05, 0.1) is 12.2 Å². The Hall–Kier alpha value is -1.42. The van der Waals surface area contributed by atoms with Crippen LogP contribution in [-0.4, -0.2) is 74.6 Å². The van der Waals surface area contributed by atoms with Crippen LogP contribution in [0.2, 0.25) is 0 Å². The topological polar surface area (TPSA) is 92.1 Å². The van der Waals surface area contributed by atoms with E-state index in [-0.39, 0.29) is 29.0 Å². The highest BCUT2D eigenvalue weighted by atomic mass is 32.2. The highest BCUT2D eigenvalue weighted by Crippen LogP contribution is 2.23. The summed E-state index contributed by atoms with van der Waals surface area (Å²) < 4.78 is 38.5. The molecule has 1 amide bonds. The lowest BCUT2D eigenvalue weighted by Crippen LogP contribution is -2.48. The number of hydrogen-bond acceptors (Lipinski definition) is 6. The first-order chi connectivity index (χ1) is 13.9. The van der Waals surface area contributed by atoms with E-state index in [4.69, 9.17) is 9.15 Å². The molecule has 3 rings (SSSR count). The zero-order chi connectivity index (χ0) is 22.1. The molecule has 0 aliphatic carbocycles. The smallest absolute Gasteiger partial charge is 0.289 e. The maximum Gasteiger partial charge on any atom is 0.289 e. The van der Waals surface area contributed by atoms with E-state index in [1.54, 1.807) is 25.7 Å². The molecule has 0 bridgehead atoms. The van der Waals surface area contributed by atoms with E-state index in [1.165, 1.54) is 12.1 Å². The molecule has 2 atom stereocenters. The lowest BCUT2D eigenvalue weighted by Gasteiger charge is -2.39. The number of hydrogen-bond donors (Lipinski definition) is 1. The summed E-state index contributed by atoms with van der Waals surface area (Å²) in [7, 11) is -3.80. The van der Waals surface area contributed by atoms with Gasteiger partial charge in [-0.2, -0.15) is 0 Å². The molecule has 9 heteroatoms. The van der Waals surface area contributed by atoms with E-state index in [2.05, 4.69) is 23.5 Å². The van der Waals surface area contributed by atoms with Crippen molar-refractivity contribution in [2.75, 3.05) is 32.7 Å². The molecule has 30 heavy (non-hydrogen) atoms. The zero-order valence-corrected chi connectivity index (χ0v) is 19.5. The molecule has 2 fully saturated rings. The summed E-state index contributed by atoms with van der Waals surface area (Å²) in [6, 6.07) is 2.79. The van der Waals surface area contributed by atoms with Crippen molar-refractivity contribution in [1.29, 1.82) is 0 Å². The van der Waals surface area contributed by atoms with Crippen LogP contribution in [0.25, 0.3) is 0 Å². The molecule has 170 valence electrons. The van der Waals surface area contributed by atoms with Gasteiger partial charge in [0.15, 0.2) is 5.76 Å². The van der Waals surface area contributed by atoms with Gasteiger partial charge < -0.3 is 14.1 Å². The predicted molar refractivity (Wildman–Crippen MR) is 114 cm³/mol. The van der Waals surface area contributed by atoms with Gasteiger partial charge in [-0.25, -0.2) is 13.1 Å². The number of carbonyl (C=O) groups excluding carboxylic acids is 1. The second kappa shape index (κ2) is 8.98. The monoisotopic (exact) mass is 441 g/mol. The Morgan fingerprint density at radius 2 is 1.73 bits per heavy atom. The summed E-state index contributed by atoms with van der Waals surface area (Å²) in [5.74, 6) is 0.368. The first kappa shape index (κ1) is 23.2. The van der Waals surface area contributed by atoms with E-state index in [0.717, 1.165) is 32.5 Å². The van der Waals surface area contributed by atoms with Gasteiger partial charge in [-0.1, -0.05) is 0 Å². The Morgan fingerprint density at radius 1 is 1.13 bits per heavy atom. The standard InChI is InChI=1S/C21H35N3O5S/c1-15-12-23(13-16(2)28-15)14-17-8-10-24(11-9-17)20(25)18-6-7-19(29-18)30(26,27)22-21(3,4)5/h6-7,15-17,22H,8-14H2,1-5H3. The van der Waals surface area contributed by atoms with E-state index < -0.39 is 15.6 Å². The third kappa shape index (κ3) is 6.06. The number of sulfonamides is 1. The van der Waals surface area contributed by atoms with E-state index in [9.17, 15) is 13.2 Å². The number of nitrogens with zero attached hydrogens (tertiary/aromatic N) is 2. The largest absolute Gasteiger partial charge is 0.438 e. The Kier molecular flexibility index (Phi) is 6.96. The number of likely N-dealkylation sites (tertiary alicyclic amines) is 1. The number of furan rings is 1. The second-order valence-electron chi connectivity index (χ2n) is 9.69.